The predicted molar refractivity (Wildman–Crippen MR) is 133 cm³/mol. The molecule has 2 rings (SSSR count). The number of anilines is 1. The number of carbonyl (C=O) groups is 3. The first-order valence-electron chi connectivity index (χ1n) is 11.8. The zero-order chi connectivity index (χ0) is 27.4. The van der Waals surface area contributed by atoms with Gasteiger partial charge in [-0.05, 0) is 69.4 Å². The number of nitrogens with zero attached hydrogens (tertiary/aromatic N) is 3. The third-order valence-electron chi connectivity index (χ3n) is 6.33. The molecule has 7 nitrogen and oxygen atoms in total. The van der Waals surface area contributed by atoms with Crippen LogP contribution >= 0.6 is 0 Å². The summed E-state index contributed by atoms with van der Waals surface area (Å²) in [5.74, 6) is -3.45. The smallest absolute Gasteiger partial charge is 0.349 e. The lowest BCUT2D eigenvalue weighted by Gasteiger charge is -2.20. The van der Waals surface area contributed by atoms with Gasteiger partial charge in [0, 0.05) is 38.3 Å². The maximum Gasteiger partial charge on any atom is 0.391 e. The number of benzene rings is 1. The Balaban J connectivity index is 2.34. The minimum Gasteiger partial charge on any atom is -0.349 e. The number of halogens is 3. The summed E-state index contributed by atoms with van der Waals surface area (Å²) in [7, 11) is 3.18. The Hall–Kier alpha value is -3.17. The van der Waals surface area contributed by atoms with Crippen LogP contribution in [0.2, 0.25) is 0 Å². The Bertz CT molecular complexity index is 1060. The van der Waals surface area contributed by atoms with E-state index in [9.17, 15) is 27.6 Å². The molecule has 10 heteroatoms. The van der Waals surface area contributed by atoms with Crippen molar-refractivity contribution in [3.05, 3.63) is 40.6 Å². The lowest BCUT2D eigenvalue weighted by atomic mass is 9.89. The molecule has 1 aliphatic heterocycles. The maximum atomic E-state index is 13.6. The largest absolute Gasteiger partial charge is 0.391 e. The topological polar surface area (TPSA) is 82.1 Å². The second-order valence-corrected chi connectivity index (χ2v) is 9.62. The van der Waals surface area contributed by atoms with Gasteiger partial charge in [-0.1, -0.05) is 13.0 Å². The van der Waals surface area contributed by atoms with Crippen LogP contribution in [0.1, 0.15) is 57.6 Å². The van der Waals surface area contributed by atoms with Gasteiger partial charge in [0.2, 0.25) is 17.7 Å². The molecule has 2 unspecified atom stereocenters. The standard InChI is InChI=1S/C26H35F3N4O3/c1-15-12-16(2)14-20(13-15)33-19(5)21(9-8-17(3)26(27,28)29)24(25(33)36)18(4)30-31-22(34)10-11-23(35)32(6)7/h12-14,17,24H,8-11H2,1-7H3,(H,31,34)/b30-18+. The highest BCUT2D eigenvalue weighted by Gasteiger charge is 2.42. The van der Waals surface area contributed by atoms with Crippen LogP contribution in [0.4, 0.5) is 18.9 Å². The number of hydrogen-bond donors (Lipinski definition) is 1. The number of aryl methyl sites for hydroxylation is 2. The van der Waals surface area contributed by atoms with E-state index in [0.29, 0.717) is 17.0 Å². The van der Waals surface area contributed by atoms with Crippen LogP contribution in [0, 0.1) is 25.7 Å². The minimum atomic E-state index is -4.33. The van der Waals surface area contributed by atoms with Gasteiger partial charge in [-0.15, -0.1) is 0 Å². The van der Waals surface area contributed by atoms with Gasteiger partial charge in [-0.25, -0.2) is 5.43 Å². The van der Waals surface area contributed by atoms with Gasteiger partial charge in [0.15, 0.2) is 0 Å². The van der Waals surface area contributed by atoms with E-state index < -0.39 is 23.9 Å². The summed E-state index contributed by atoms with van der Waals surface area (Å²) < 4.78 is 39.5. The molecule has 0 bridgehead atoms. The molecule has 0 aliphatic carbocycles. The van der Waals surface area contributed by atoms with Crippen molar-refractivity contribution in [2.45, 2.75) is 66.5 Å². The first kappa shape index (κ1) is 29.1. The number of allylic oxidation sites excluding steroid dienone is 1. The Labute approximate surface area is 210 Å². The lowest BCUT2D eigenvalue weighted by molar-refractivity contribution is -0.170. The fraction of sp³-hybridized carbons (Fsp3) is 0.538. The minimum absolute atomic E-state index is 0.00976. The molecule has 1 aromatic carbocycles. The Kier molecular flexibility index (Phi) is 9.45. The van der Waals surface area contributed by atoms with Crippen molar-refractivity contribution >= 4 is 29.1 Å². The first-order chi connectivity index (χ1) is 16.6. The summed E-state index contributed by atoms with van der Waals surface area (Å²) >= 11 is 0. The molecule has 1 aromatic rings. The van der Waals surface area contributed by atoms with E-state index in [1.54, 1.807) is 27.9 Å². The van der Waals surface area contributed by atoms with E-state index in [2.05, 4.69) is 10.5 Å². The molecule has 1 heterocycles. The van der Waals surface area contributed by atoms with Crippen LogP contribution in [0.25, 0.3) is 0 Å². The molecule has 0 radical (unpaired) electrons. The van der Waals surface area contributed by atoms with Crippen LogP contribution in [-0.4, -0.2) is 48.6 Å². The molecular formula is C26H35F3N4O3. The van der Waals surface area contributed by atoms with Gasteiger partial charge in [0.25, 0.3) is 0 Å². The van der Waals surface area contributed by atoms with Crippen LogP contribution in [0.15, 0.2) is 34.6 Å². The van der Waals surface area contributed by atoms with Gasteiger partial charge < -0.3 is 4.90 Å². The molecule has 36 heavy (non-hydrogen) atoms. The zero-order valence-electron chi connectivity index (χ0n) is 21.9. The molecular weight excluding hydrogens is 473 g/mol. The summed E-state index contributed by atoms with van der Waals surface area (Å²) in [6, 6.07) is 5.67. The highest BCUT2D eigenvalue weighted by molar-refractivity contribution is 6.16. The number of hydrogen-bond acceptors (Lipinski definition) is 4. The molecule has 0 saturated heterocycles. The van der Waals surface area contributed by atoms with Gasteiger partial charge >= 0.3 is 6.18 Å². The van der Waals surface area contributed by atoms with E-state index in [1.807, 2.05) is 32.0 Å². The molecule has 3 amide bonds. The Morgan fingerprint density at radius 3 is 2.22 bits per heavy atom. The van der Waals surface area contributed by atoms with E-state index in [1.165, 1.54) is 9.80 Å². The molecule has 0 spiro atoms. The van der Waals surface area contributed by atoms with Crippen LogP contribution in [-0.2, 0) is 14.4 Å². The van der Waals surface area contributed by atoms with Crippen LogP contribution in [0.3, 0.4) is 0 Å². The van der Waals surface area contributed by atoms with E-state index in [4.69, 9.17) is 0 Å². The van der Waals surface area contributed by atoms with Crippen molar-refractivity contribution in [2.75, 3.05) is 19.0 Å². The SMILES string of the molecule is CC1=C(CCC(C)C(F)(F)F)C(/C(C)=N/NC(=O)CCC(=O)N(C)C)C(=O)N1c1cc(C)cc(C)c1. The first-order valence-corrected chi connectivity index (χ1v) is 11.8. The molecule has 0 saturated carbocycles. The number of carbonyl (C=O) groups excluding carboxylic acids is 3. The number of rotatable bonds is 9. The number of nitrogens with one attached hydrogen (secondary N) is 1. The molecule has 1 aliphatic rings. The lowest BCUT2D eigenvalue weighted by Crippen LogP contribution is -2.33. The van der Waals surface area contributed by atoms with E-state index in [0.717, 1.165) is 18.1 Å². The quantitative estimate of drug-likeness (QED) is 0.381. The molecule has 198 valence electrons. The average Bonchev–Trinajstić information content (AvgIpc) is 3.01. The third-order valence-corrected chi connectivity index (χ3v) is 6.33. The molecule has 0 aromatic heterocycles. The second-order valence-electron chi connectivity index (χ2n) is 9.62. The highest BCUT2D eigenvalue weighted by Crippen LogP contribution is 2.40. The van der Waals surface area contributed by atoms with E-state index in [-0.39, 0.29) is 43.2 Å². The molecule has 2 atom stereocenters. The van der Waals surface area contributed by atoms with Crippen LogP contribution in [0.5, 0.6) is 0 Å². The fourth-order valence-electron chi connectivity index (χ4n) is 4.20. The number of alkyl halides is 3. The van der Waals surface area contributed by atoms with Crippen molar-refractivity contribution in [1.82, 2.24) is 10.3 Å². The monoisotopic (exact) mass is 508 g/mol. The normalized spacial score (nSPS) is 17.5. The molecule has 0 fully saturated rings. The van der Waals surface area contributed by atoms with Crippen molar-refractivity contribution in [3.63, 3.8) is 0 Å². The molecule has 1 N–H and O–H groups in total. The van der Waals surface area contributed by atoms with Crippen LogP contribution < -0.4 is 10.3 Å². The summed E-state index contributed by atoms with van der Waals surface area (Å²) in [5, 5.41) is 4.09. The summed E-state index contributed by atoms with van der Waals surface area (Å²) in [6.45, 7) is 8.23. The van der Waals surface area contributed by atoms with Crippen molar-refractivity contribution in [1.29, 1.82) is 0 Å². The Morgan fingerprint density at radius 2 is 1.69 bits per heavy atom. The van der Waals surface area contributed by atoms with Gasteiger partial charge in [0.1, 0.15) is 5.92 Å². The summed E-state index contributed by atoms with van der Waals surface area (Å²) in [5.41, 5.74) is 6.31. The predicted octanol–water partition coefficient (Wildman–Crippen LogP) is 4.88. The second kappa shape index (κ2) is 11.7. The van der Waals surface area contributed by atoms with Crippen molar-refractivity contribution in [3.8, 4) is 0 Å². The van der Waals surface area contributed by atoms with E-state index >= 15 is 0 Å². The van der Waals surface area contributed by atoms with Crippen molar-refractivity contribution < 1.29 is 27.6 Å². The average molecular weight is 509 g/mol. The fourth-order valence-corrected chi connectivity index (χ4v) is 4.20. The highest BCUT2D eigenvalue weighted by atomic mass is 19.4. The number of amides is 3. The maximum absolute atomic E-state index is 13.6. The van der Waals surface area contributed by atoms with Gasteiger partial charge in [-0.2, -0.15) is 18.3 Å². The Morgan fingerprint density at radius 1 is 1.11 bits per heavy atom. The summed E-state index contributed by atoms with van der Waals surface area (Å²) in [6.07, 6.45) is -4.52. The zero-order valence-corrected chi connectivity index (χ0v) is 21.9. The number of hydrazone groups is 1. The van der Waals surface area contributed by atoms with Crippen molar-refractivity contribution in [2.24, 2.45) is 16.9 Å². The third kappa shape index (κ3) is 7.18. The summed E-state index contributed by atoms with van der Waals surface area (Å²) in [4.78, 5) is 40.4. The van der Waals surface area contributed by atoms with Gasteiger partial charge in [-0.3, -0.25) is 19.3 Å². The van der Waals surface area contributed by atoms with Gasteiger partial charge in [0.05, 0.1) is 11.6 Å².